The molecule has 9 heteroatoms. The molecule has 1 aliphatic heterocycles. The molecule has 208 valence electrons. The first-order valence-corrected chi connectivity index (χ1v) is 13.4. The molecule has 2 amide bonds. The van der Waals surface area contributed by atoms with Crippen LogP contribution in [0.5, 0.6) is 5.75 Å². The number of nitrogens with zero attached hydrogens (tertiary/aromatic N) is 3. The number of amides is 2. The number of methoxy groups -OCH3 is 1. The Morgan fingerprint density at radius 3 is 2.54 bits per heavy atom. The molecule has 1 saturated heterocycles. The van der Waals surface area contributed by atoms with E-state index in [1.54, 1.807) is 29.1 Å². The molecule has 3 aromatic rings. The van der Waals surface area contributed by atoms with Gasteiger partial charge in [0.1, 0.15) is 23.4 Å². The lowest BCUT2D eigenvalue weighted by molar-refractivity contribution is -0.143. The zero-order chi connectivity index (χ0) is 28.0. The van der Waals surface area contributed by atoms with Gasteiger partial charge in [-0.05, 0) is 48.7 Å². The van der Waals surface area contributed by atoms with Crippen molar-refractivity contribution in [3.05, 3.63) is 83.4 Å². The van der Waals surface area contributed by atoms with E-state index in [4.69, 9.17) is 10.5 Å². The van der Waals surface area contributed by atoms with Gasteiger partial charge in [0.2, 0.25) is 11.8 Å². The van der Waals surface area contributed by atoms with Crippen LogP contribution in [0.2, 0.25) is 0 Å². The molecule has 1 aromatic heterocycles. The van der Waals surface area contributed by atoms with Crippen LogP contribution in [0.3, 0.4) is 0 Å². The predicted molar refractivity (Wildman–Crippen MR) is 144 cm³/mol. The Bertz CT molecular complexity index is 1290. The molecule has 2 aromatic carbocycles. The van der Waals surface area contributed by atoms with Gasteiger partial charge in [0.05, 0.1) is 19.1 Å². The van der Waals surface area contributed by atoms with Crippen LogP contribution in [-0.4, -0.2) is 46.5 Å². The number of benzene rings is 2. The predicted octanol–water partition coefficient (Wildman–Crippen LogP) is 4.73. The van der Waals surface area contributed by atoms with E-state index >= 15 is 0 Å². The third-order valence-electron chi connectivity index (χ3n) is 7.57. The lowest BCUT2D eigenvalue weighted by Crippen LogP contribution is -2.62. The summed E-state index contributed by atoms with van der Waals surface area (Å²) in [6.45, 7) is 2.73. The molecule has 2 heterocycles. The van der Waals surface area contributed by atoms with Crippen LogP contribution in [0.25, 0.3) is 0 Å². The Hall–Kier alpha value is -3.75. The van der Waals surface area contributed by atoms with Gasteiger partial charge in [-0.15, -0.1) is 0 Å². The summed E-state index contributed by atoms with van der Waals surface area (Å²) in [6, 6.07) is 10.5. The topological polar surface area (TPSA) is 90.4 Å². The molecule has 4 rings (SSSR count). The highest BCUT2D eigenvalue weighted by atomic mass is 19.1. The molecule has 0 spiro atoms. The summed E-state index contributed by atoms with van der Waals surface area (Å²) >= 11 is 0. The third kappa shape index (κ3) is 6.64. The van der Waals surface area contributed by atoms with Gasteiger partial charge in [0, 0.05) is 43.1 Å². The highest BCUT2D eigenvalue weighted by Gasteiger charge is 2.48. The summed E-state index contributed by atoms with van der Waals surface area (Å²) in [5.74, 6) is -0.740. The Balaban J connectivity index is 1.59. The number of aryl methyl sites for hydroxylation is 1. The fourth-order valence-corrected chi connectivity index (χ4v) is 5.37. The maximum atomic E-state index is 14.9. The third-order valence-corrected chi connectivity index (χ3v) is 7.57. The lowest BCUT2D eigenvalue weighted by atomic mass is 9.69. The van der Waals surface area contributed by atoms with E-state index in [0.717, 1.165) is 36.6 Å². The smallest absolute Gasteiger partial charge is 0.246 e. The number of halogens is 2. The summed E-state index contributed by atoms with van der Waals surface area (Å²) < 4.78 is 36.1. The van der Waals surface area contributed by atoms with Crippen molar-refractivity contribution in [2.75, 3.05) is 20.2 Å². The molecule has 1 fully saturated rings. The minimum absolute atomic E-state index is 0.118. The molecule has 39 heavy (non-hydrogen) atoms. The van der Waals surface area contributed by atoms with Crippen LogP contribution in [0.1, 0.15) is 61.9 Å². The average Bonchev–Trinajstić information content (AvgIpc) is 3.38. The van der Waals surface area contributed by atoms with Crippen molar-refractivity contribution >= 4 is 11.8 Å². The normalized spacial score (nSPS) is 15.0. The van der Waals surface area contributed by atoms with E-state index in [1.807, 2.05) is 24.3 Å². The summed E-state index contributed by atoms with van der Waals surface area (Å²) in [7, 11) is 1.60. The van der Waals surface area contributed by atoms with Gasteiger partial charge in [-0.3, -0.25) is 9.59 Å². The van der Waals surface area contributed by atoms with Crippen molar-refractivity contribution in [1.82, 2.24) is 14.5 Å². The summed E-state index contributed by atoms with van der Waals surface area (Å²) in [5.41, 5.74) is 6.61. The Morgan fingerprint density at radius 1 is 1.13 bits per heavy atom. The maximum Gasteiger partial charge on any atom is 0.246 e. The average molecular weight is 539 g/mol. The maximum absolute atomic E-state index is 14.9. The van der Waals surface area contributed by atoms with Crippen molar-refractivity contribution < 1.29 is 23.1 Å². The minimum Gasteiger partial charge on any atom is -0.497 e. The van der Waals surface area contributed by atoms with Crippen molar-refractivity contribution in [2.24, 2.45) is 5.73 Å². The van der Waals surface area contributed by atoms with Crippen molar-refractivity contribution in [1.29, 1.82) is 0 Å². The Labute approximate surface area is 228 Å². The molecule has 0 aliphatic carbocycles. The number of unbranched alkanes of at least 4 members (excludes halogenated alkanes) is 2. The monoisotopic (exact) mass is 538 g/mol. The van der Waals surface area contributed by atoms with E-state index in [2.05, 4.69) is 11.9 Å². The highest BCUT2D eigenvalue weighted by Crippen LogP contribution is 2.42. The number of carbonyl (C=O) groups excluding carboxylic acids is 2. The number of imidazole rings is 1. The minimum atomic E-state index is -0.622. The van der Waals surface area contributed by atoms with Gasteiger partial charge < -0.3 is 19.9 Å². The second-order valence-corrected chi connectivity index (χ2v) is 10.4. The molecule has 1 aliphatic rings. The number of primary amides is 1. The van der Waals surface area contributed by atoms with E-state index in [0.29, 0.717) is 43.6 Å². The standard InChI is InChI=1S/C30H36F2N4O3/c1-3-4-5-14-30(25-16-22(31)8-12-26(25)32)18-36(19-30)29(38)27(15-21-6-10-24(39-2)11-7-21)35-17-23(34-20-35)9-13-28(33)37/h6-8,10-12,16-17,20,27H,3-5,9,13-15,18-19H2,1-2H3,(H2,33,37)/t27-/m1/s1. The number of carbonyl (C=O) groups is 2. The van der Waals surface area contributed by atoms with Crippen LogP contribution in [-0.2, 0) is 27.8 Å². The largest absolute Gasteiger partial charge is 0.497 e. The number of hydrogen-bond donors (Lipinski definition) is 1. The summed E-state index contributed by atoms with van der Waals surface area (Å²) in [4.78, 5) is 31.3. The van der Waals surface area contributed by atoms with Gasteiger partial charge in [-0.2, -0.15) is 0 Å². The second kappa shape index (κ2) is 12.4. The van der Waals surface area contributed by atoms with Crippen molar-refractivity contribution in [2.45, 2.75) is 63.3 Å². The lowest BCUT2D eigenvalue weighted by Gasteiger charge is -2.52. The second-order valence-electron chi connectivity index (χ2n) is 10.4. The van der Waals surface area contributed by atoms with Crippen LogP contribution in [0.15, 0.2) is 55.0 Å². The number of likely N-dealkylation sites (tertiary alicyclic amines) is 1. The first kappa shape index (κ1) is 28.3. The highest BCUT2D eigenvalue weighted by molar-refractivity contribution is 5.82. The Morgan fingerprint density at radius 2 is 1.87 bits per heavy atom. The van der Waals surface area contributed by atoms with Crippen LogP contribution in [0.4, 0.5) is 8.78 Å². The number of aromatic nitrogens is 2. The summed E-state index contributed by atoms with van der Waals surface area (Å²) in [6.07, 6.45) is 7.86. The molecule has 2 N–H and O–H groups in total. The first-order valence-electron chi connectivity index (χ1n) is 13.4. The van der Waals surface area contributed by atoms with Crippen molar-refractivity contribution in [3.8, 4) is 5.75 Å². The molecule has 0 bridgehead atoms. The van der Waals surface area contributed by atoms with Gasteiger partial charge in [-0.25, -0.2) is 13.8 Å². The molecular formula is C30H36F2N4O3. The molecule has 1 atom stereocenters. The zero-order valence-corrected chi connectivity index (χ0v) is 22.5. The van der Waals surface area contributed by atoms with Gasteiger partial charge in [0.25, 0.3) is 0 Å². The number of rotatable bonds is 13. The fourth-order valence-electron chi connectivity index (χ4n) is 5.37. The van der Waals surface area contributed by atoms with E-state index in [-0.39, 0.29) is 12.3 Å². The number of ether oxygens (including phenoxy) is 1. The number of hydrogen-bond acceptors (Lipinski definition) is 4. The van der Waals surface area contributed by atoms with Crippen LogP contribution >= 0.6 is 0 Å². The molecule has 7 nitrogen and oxygen atoms in total. The first-order chi connectivity index (χ1) is 18.7. The van der Waals surface area contributed by atoms with Gasteiger partial charge in [0.15, 0.2) is 0 Å². The molecule has 0 radical (unpaired) electrons. The fraction of sp³-hybridized carbons (Fsp3) is 0.433. The van der Waals surface area contributed by atoms with E-state index in [9.17, 15) is 18.4 Å². The number of nitrogens with two attached hydrogens (primary N) is 1. The molecular weight excluding hydrogens is 502 g/mol. The van der Waals surface area contributed by atoms with Gasteiger partial charge >= 0.3 is 0 Å². The van der Waals surface area contributed by atoms with Gasteiger partial charge in [-0.1, -0.05) is 38.3 Å². The Kier molecular flexibility index (Phi) is 8.99. The van der Waals surface area contributed by atoms with Crippen LogP contribution in [0, 0.1) is 11.6 Å². The molecule has 0 unspecified atom stereocenters. The van der Waals surface area contributed by atoms with Crippen molar-refractivity contribution in [3.63, 3.8) is 0 Å². The van der Waals surface area contributed by atoms with E-state index < -0.39 is 29.0 Å². The van der Waals surface area contributed by atoms with Crippen LogP contribution < -0.4 is 10.5 Å². The SMILES string of the molecule is CCCCCC1(c2cc(F)ccc2F)CN(C(=O)[C@@H](Cc2ccc(OC)cc2)n2cnc(CCC(N)=O)c2)C1. The summed E-state index contributed by atoms with van der Waals surface area (Å²) in [5, 5.41) is 0. The zero-order valence-electron chi connectivity index (χ0n) is 22.5. The quantitative estimate of drug-likeness (QED) is 0.319. The van der Waals surface area contributed by atoms with E-state index in [1.165, 1.54) is 12.1 Å². The molecule has 0 saturated carbocycles.